The Kier molecular flexibility index (Phi) is 1.96. The third-order valence-electron chi connectivity index (χ3n) is 3.62. The molecule has 0 aromatic heterocycles. The van der Waals surface area contributed by atoms with Gasteiger partial charge in [-0.15, -0.1) is 0 Å². The number of methoxy groups -OCH3 is 1. The number of β-lactam (4-membered cyclic amide) rings is 1. The Labute approximate surface area is 95.0 Å². The third-order valence-corrected chi connectivity index (χ3v) is 3.62. The van der Waals surface area contributed by atoms with Crippen LogP contribution in [0.25, 0.3) is 0 Å². The second-order valence-electron chi connectivity index (χ2n) is 4.79. The summed E-state index contributed by atoms with van der Waals surface area (Å²) in [6.45, 7) is 1.70. The van der Waals surface area contributed by atoms with Crippen molar-refractivity contribution < 1.29 is 9.53 Å². The number of carbonyl (C=O) groups excluding carboxylic acids is 1. The summed E-state index contributed by atoms with van der Waals surface area (Å²) in [5.74, 6) is 1.21. The Morgan fingerprint density at radius 2 is 2.00 bits per heavy atom. The summed E-state index contributed by atoms with van der Waals surface area (Å²) in [6, 6.07) is 7.91. The number of hydrogen-bond donors (Lipinski definition) is 0. The highest BCUT2D eigenvalue weighted by atomic mass is 16.5. The van der Waals surface area contributed by atoms with Crippen LogP contribution in [0.2, 0.25) is 0 Å². The lowest BCUT2D eigenvalue weighted by Crippen LogP contribution is -2.53. The predicted octanol–water partition coefficient (Wildman–Crippen LogP) is 1.82. The van der Waals surface area contributed by atoms with Crippen molar-refractivity contribution in [2.24, 2.45) is 5.41 Å². The number of ether oxygens (including phenoxy) is 1. The first kappa shape index (κ1) is 9.70. The summed E-state index contributed by atoms with van der Waals surface area (Å²) >= 11 is 0. The highest BCUT2D eigenvalue weighted by molar-refractivity contribution is 5.91. The number of nitrogens with zero attached hydrogens (tertiary/aromatic N) is 1. The summed E-state index contributed by atoms with van der Waals surface area (Å²) in [7, 11) is 1.66. The third kappa shape index (κ3) is 1.39. The van der Waals surface area contributed by atoms with Crippen molar-refractivity contribution in [2.45, 2.75) is 19.4 Å². The van der Waals surface area contributed by atoms with Crippen LogP contribution in [0.3, 0.4) is 0 Å². The van der Waals surface area contributed by atoms with Crippen molar-refractivity contribution >= 4 is 5.91 Å². The van der Waals surface area contributed by atoms with Gasteiger partial charge in [-0.25, -0.2) is 0 Å². The minimum Gasteiger partial charge on any atom is -0.497 e. The smallest absolute Gasteiger partial charge is 0.230 e. The first-order valence-corrected chi connectivity index (χ1v) is 5.66. The molecule has 16 heavy (non-hydrogen) atoms. The van der Waals surface area contributed by atoms with E-state index in [1.807, 2.05) is 29.2 Å². The number of likely N-dealkylation sites (tertiary alicyclic amines) is 1. The first-order valence-electron chi connectivity index (χ1n) is 5.66. The van der Waals surface area contributed by atoms with E-state index in [-0.39, 0.29) is 5.41 Å². The summed E-state index contributed by atoms with van der Waals surface area (Å²) in [5, 5.41) is 0. The van der Waals surface area contributed by atoms with Crippen LogP contribution in [-0.4, -0.2) is 24.5 Å². The first-order chi connectivity index (χ1) is 7.73. The van der Waals surface area contributed by atoms with Gasteiger partial charge in [-0.2, -0.15) is 0 Å². The Morgan fingerprint density at radius 3 is 2.50 bits per heavy atom. The van der Waals surface area contributed by atoms with Gasteiger partial charge in [-0.3, -0.25) is 4.79 Å². The maximum absolute atomic E-state index is 11.8. The quantitative estimate of drug-likeness (QED) is 0.723. The lowest BCUT2D eigenvalue weighted by molar-refractivity contribution is -0.151. The molecule has 0 N–H and O–H groups in total. The second kappa shape index (κ2) is 3.24. The molecule has 0 radical (unpaired) electrons. The Balaban J connectivity index is 1.64. The lowest BCUT2D eigenvalue weighted by Gasteiger charge is -2.39. The molecular formula is C13H15NO2. The Morgan fingerprint density at radius 1 is 1.31 bits per heavy atom. The number of hydrogen-bond acceptors (Lipinski definition) is 2. The molecule has 0 bridgehead atoms. The molecule has 3 heteroatoms. The van der Waals surface area contributed by atoms with E-state index in [0.29, 0.717) is 5.91 Å². The van der Waals surface area contributed by atoms with Gasteiger partial charge in [-0.05, 0) is 30.5 Å². The standard InChI is InChI=1S/C13H15NO2/c1-16-11-4-2-10(3-5-11)8-14-9-13(6-7-13)12(14)15/h2-5H,6-9H2,1H3. The van der Waals surface area contributed by atoms with Crippen molar-refractivity contribution in [3.05, 3.63) is 29.8 Å². The van der Waals surface area contributed by atoms with Gasteiger partial charge in [0.25, 0.3) is 0 Å². The zero-order chi connectivity index (χ0) is 11.2. The van der Waals surface area contributed by atoms with Crippen LogP contribution in [0, 0.1) is 5.41 Å². The van der Waals surface area contributed by atoms with Gasteiger partial charge in [-0.1, -0.05) is 12.1 Å². The molecule has 1 aromatic rings. The number of amides is 1. The van der Waals surface area contributed by atoms with Crippen LogP contribution in [0.5, 0.6) is 5.75 Å². The molecule has 1 saturated carbocycles. The Bertz CT molecular complexity index is 420. The molecule has 1 amide bonds. The number of carbonyl (C=O) groups is 1. The summed E-state index contributed by atoms with van der Waals surface area (Å²) < 4.78 is 5.10. The van der Waals surface area contributed by atoms with Gasteiger partial charge in [0.05, 0.1) is 12.5 Å². The van der Waals surface area contributed by atoms with Crippen molar-refractivity contribution in [3.63, 3.8) is 0 Å². The van der Waals surface area contributed by atoms with Gasteiger partial charge in [0.2, 0.25) is 5.91 Å². The van der Waals surface area contributed by atoms with Gasteiger partial charge < -0.3 is 9.64 Å². The molecule has 3 nitrogen and oxygen atoms in total. The van der Waals surface area contributed by atoms with E-state index < -0.39 is 0 Å². The van der Waals surface area contributed by atoms with E-state index in [9.17, 15) is 4.79 Å². The van der Waals surface area contributed by atoms with E-state index in [0.717, 1.165) is 31.7 Å². The molecular weight excluding hydrogens is 202 g/mol. The molecule has 2 fully saturated rings. The molecule has 1 saturated heterocycles. The molecule has 1 heterocycles. The zero-order valence-corrected chi connectivity index (χ0v) is 9.40. The highest BCUT2D eigenvalue weighted by Crippen LogP contribution is 2.54. The van der Waals surface area contributed by atoms with Gasteiger partial charge in [0.1, 0.15) is 5.75 Å². The summed E-state index contributed by atoms with van der Waals surface area (Å²) in [5.41, 5.74) is 1.26. The van der Waals surface area contributed by atoms with Gasteiger partial charge >= 0.3 is 0 Å². The molecule has 1 aliphatic heterocycles. The maximum atomic E-state index is 11.8. The lowest BCUT2D eigenvalue weighted by atomic mass is 9.94. The van der Waals surface area contributed by atoms with Crippen molar-refractivity contribution in [1.29, 1.82) is 0 Å². The van der Waals surface area contributed by atoms with Crippen molar-refractivity contribution in [3.8, 4) is 5.75 Å². The van der Waals surface area contributed by atoms with E-state index in [1.54, 1.807) is 7.11 Å². The van der Waals surface area contributed by atoms with E-state index in [1.165, 1.54) is 5.56 Å². The van der Waals surface area contributed by atoms with Crippen LogP contribution in [0.4, 0.5) is 0 Å². The van der Waals surface area contributed by atoms with E-state index in [2.05, 4.69) is 0 Å². The SMILES string of the molecule is COc1ccc(CN2CC3(CC3)C2=O)cc1. The van der Waals surface area contributed by atoms with Crippen LogP contribution in [-0.2, 0) is 11.3 Å². The monoisotopic (exact) mass is 217 g/mol. The molecule has 0 unspecified atom stereocenters. The molecule has 3 rings (SSSR count). The molecule has 1 aliphatic carbocycles. The fourth-order valence-electron chi connectivity index (χ4n) is 2.35. The molecule has 1 aromatic carbocycles. The van der Waals surface area contributed by atoms with E-state index in [4.69, 9.17) is 4.74 Å². The van der Waals surface area contributed by atoms with E-state index >= 15 is 0 Å². The normalized spacial score (nSPS) is 20.8. The van der Waals surface area contributed by atoms with Crippen LogP contribution in [0.15, 0.2) is 24.3 Å². The minimum atomic E-state index is 0.0898. The summed E-state index contributed by atoms with van der Waals surface area (Å²) in [6.07, 6.45) is 2.20. The van der Waals surface area contributed by atoms with Crippen molar-refractivity contribution in [1.82, 2.24) is 4.90 Å². The van der Waals surface area contributed by atoms with Crippen LogP contribution < -0.4 is 4.74 Å². The minimum absolute atomic E-state index is 0.0898. The average molecular weight is 217 g/mol. The number of benzene rings is 1. The largest absolute Gasteiger partial charge is 0.497 e. The average Bonchev–Trinajstić information content (AvgIpc) is 3.11. The Hall–Kier alpha value is -1.51. The predicted molar refractivity (Wildman–Crippen MR) is 60.1 cm³/mol. The topological polar surface area (TPSA) is 29.5 Å². The fourth-order valence-corrected chi connectivity index (χ4v) is 2.35. The van der Waals surface area contributed by atoms with Crippen molar-refractivity contribution in [2.75, 3.05) is 13.7 Å². The second-order valence-corrected chi connectivity index (χ2v) is 4.79. The zero-order valence-electron chi connectivity index (χ0n) is 9.40. The highest BCUT2D eigenvalue weighted by Gasteiger charge is 2.60. The van der Waals surface area contributed by atoms with Gasteiger partial charge in [0.15, 0.2) is 0 Å². The maximum Gasteiger partial charge on any atom is 0.230 e. The molecule has 0 atom stereocenters. The fraction of sp³-hybridized carbons (Fsp3) is 0.462. The molecule has 84 valence electrons. The van der Waals surface area contributed by atoms with Gasteiger partial charge in [0, 0.05) is 13.1 Å². The molecule has 1 spiro atoms. The van der Waals surface area contributed by atoms with Crippen LogP contribution >= 0.6 is 0 Å². The van der Waals surface area contributed by atoms with Crippen LogP contribution in [0.1, 0.15) is 18.4 Å². The number of rotatable bonds is 3. The molecule has 2 aliphatic rings. The summed E-state index contributed by atoms with van der Waals surface area (Å²) in [4.78, 5) is 13.7.